The average molecular weight is 201 g/mol. The zero-order valence-electron chi connectivity index (χ0n) is 10.3. The van der Waals surface area contributed by atoms with Crippen LogP contribution < -0.4 is 0 Å². The SMILES string of the molecule is CCCCN(CC)CC(C)(CC)CO. The van der Waals surface area contributed by atoms with Crippen LogP contribution in [-0.2, 0) is 0 Å². The summed E-state index contributed by atoms with van der Waals surface area (Å²) in [6.07, 6.45) is 3.56. The summed E-state index contributed by atoms with van der Waals surface area (Å²) in [4.78, 5) is 2.45. The summed E-state index contributed by atoms with van der Waals surface area (Å²) in [5.41, 5.74) is 0.0871. The molecule has 0 aliphatic heterocycles. The third-order valence-corrected chi connectivity index (χ3v) is 3.12. The van der Waals surface area contributed by atoms with Gasteiger partial charge >= 0.3 is 0 Å². The second-order valence-corrected chi connectivity index (χ2v) is 4.54. The maximum atomic E-state index is 9.33. The predicted molar refractivity (Wildman–Crippen MR) is 62.5 cm³/mol. The van der Waals surface area contributed by atoms with Gasteiger partial charge in [-0.15, -0.1) is 0 Å². The molecule has 0 rings (SSSR count). The summed E-state index contributed by atoms with van der Waals surface area (Å²) in [5.74, 6) is 0. The van der Waals surface area contributed by atoms with Gasteiger partial charge in [0.2, 0.25) is 0 Å². The summed E-state index contributed by atoms with van der Waals surface area (Å²) in [5, 5.41) is 9.33. The lowest BCUT2D eigenvalue weighted by Gasteiger charge is -2.32. The minimum atomic E-state index is 0.0871. The molecule has 2 nitrogen and oxygen atoms in total. The van der Waals surface area contributed by atoms with E-state index in [9.17, 15) is 5.11 Å². The zero-order chi connectivity index (χ0) is 11.0. The zero-order valence-corrected chi connectivity index (χ0v) is 10.3. The second-order valence-electron chi connectivity index (χ2n) is 4.54. The van der Waals surface area contributed by atoms with E-state index in [0.717, 1.165) is 19.5 Å². The normalized spacial score (nSPS) is 15.9. The Bertz CT molecular complexity index is 132. The van der Waals surface area contributed by atoms with Crippen molar-refractivity contribution in [1.29, 1.82) is 0 Å². The van der Waals surface area contributed by atoms with Gasteiger partial charge in [0.1, 0.15) is 0 Å². The van der Waals surface area contributed by atoms with Crippen LogP contribution in [0.4, 0.5) is 0 Å². The van der Waals surface area contributed by atoms with Crippen LogP contribution in [0.1, 0.15) is 47.0 Å². The number of rotatable bonds is 8. The van der Waals surface area contributed by atoms with E-state index in [1.165, 1.54) is 19.4 Å². The Hall–Kier alpha value is -0.0800. The fourth-order valence-electron chi connectivity index (χ4n) is 1.54. The molecule has 0 aliphatic carbocycles. The Morgan fingerprint density at radius 2 is 1.86 bits per heavy atom. The Morgan fingerprint density at radius 3 is 2.21 bits per heavy atom. The predicted octanol–water partition coefficient (Wildman–Crippen LogP) is 2.52. The van der Waals surface area contributed by atoms with Crippen molar-refractivity contribution in [1.82, 2.24) is 4.90 Å². The highest BCUT2D eigenvalue weighted by molar-refractivity contribution is 4.75. The van der Waals surface area contributed by atoms with Crippen molar-refractivity contribution in [2.75, 3.05) is 26.2 Å². The van der Waals surface area contributed by atoms with E-state index in [1.807, 2.05) is 0 Å². The molecule has 2 heteroatoms. The first-order valence-corrected chi connectivity index (χ1v) is 5.95. The minimum Gasteiger partial charge on any atom is -0.396 e. The maximum absolute atomic E-state index is 9.33. The maximum Gasteiger partial charge on any atom is 0.0496 e. The van der Waals surface area contributed by atoms with E-state index in [0.29, 0.717) is 6.61 Å². The van der Waals surface area contributed by atoms with E-state index < -0.39 is 0 Å². The van der Waals surface area contributed by atoms with Crippen molar-refractivity contribution in [2.24, 2.45) is 5.41 Å². The number of hydrogen-bond acceptors (Lipinski definition) is 2. The van der Waals surface area contributed by atoms with Gasteiger partial charge in [-0.25, -0.2) is 0 Å². The van der Waals surface area contributed by atoms with Crippen LogP contribution in [0.3, 0.4) is 0 Å². The first kappa shape index (κ1) is 13.9. The summed E-state index contributed by atoms with van der Waals surface area (Å²) >= 11 is 0. The molecule has 0 saturated carbocycles. The van der Waals surface area contributed by atoms with E-state index in [1.54, 1.807) is 0 Å². The summed E-state index contributed by atoms with van der Waals surface area (Å²) in [7, 11) is 0. The van der Waals surface area contributed by atoms with Crippen molar-refractivity contribution in [3.63, 3.8) is 0 Å². The highest BCUT2D eigenvalue weighted by atomic mass is 16.3. The molecular formula is C12H27NO. The lowest BCUT2D eigenvalue weighted by atomic mass is 9.88. The van der Waals surface area contributed by atoms with Gasteiger partial charge in [0.05, 0.1) is 0 Å². The molecule has 0 spiro atoms. The fourth-order valence-corrected chi connectivity index (χ4v) is 1.54. The fraction of sp³-hybridized carbons (Fsp3) is 1.00. The molecule has 0 heterocycles. The largest absolute Gasteiger partial charge is 0.396 e. The monoisotopic (exact) mass is 201 g/mol. The highest BCUT2D eigenvalue weighted by Crippen LogP contribution is 2.21. The summed E-state index contributed by atoms with van der Waals surface area (Å²) in [6.45, 7) is 12.3. The molecule has 0 radical (unpaired) electrons. The van der Waals surface area contributed by atoms with Crippen molar-refractivity contribution < 1.29 is 5.11 Å². The molecule has 14 heavy (non-hydrogen) atoms. The molecule has 1 atom stereocenters. The van der Waals surface area contributed by atoms with Gasteiger partial charge in [0.25, 0.3) is 0 Å². The van der Waals surface area contributed by atoms with Crippen LogP contribution >= 0.6 is 0 Å². The first-order valence-electron chi connectivity index (χ1n) is 5.95. The Labute approximate surface area is 89.3 Å². The topological polar surface area (TPSA) is 23.5 Å². The quantitative estimate of drug-likeness (QED) is 0.652. The molecule has 0 saturated heterocycles. The molecule has 0 bridgehead atoms. The van der Waals surface area contributed by atoms with E-state index >= 15 is 0 Å². The Morgan fingerprint density at radius 1 is 1.21 bits per heavy atom. The van der Waals surface area contributed by atoms with E-state index in [4.69, 9.17) is 0 Å². The van der Waals surface area contributed by atoms with Crippen LogP contribution in [0.5, 0.6) is 0 Å². The summed E-state index contributed by atoms with van der Waals surface area (Å²) in [6, 6.07) is 0. The molecule has 86 valence electrons. The lowest BCUT2D eigenvalue weighted by Crippen LogP contribution is -2.38. The Balaban J connectivity index is 4.00. The van der Waals surface area contributed by atoms with Crippen LogP contribution in [-0.4, -0.2) is 36.2 Å². The van der Waals surface area contributed by atoms with Crippen LogP contribution in [0.25, 0.3) is 0 Å². The molecule has 0 aliphatic rings. The van der Waals surface area contributed by atoms with E-state index in [-0.39, 0.29) is 5.41 Å². The standard InChI is InChI=1S/C12H27NO/c1-5-8-9-13(7-3)10-12(4,6-2)11-14/h14H,5-11H2,1-4H3. The van der Waals surface area contributed by atoms with Gasteiger partial charge in [0, 0.05) is 18.6 Å². The van der Waals surface area contributed by atoms with Gasteiger partial charge in [-0.2, -0.15) is 0 Å². The summed E-state index contributed by atoms with van der Waals surface area (Å²) < 4.78 is 0. The van der Waals surface area contributed by atoms with Gasteiger partial charge in [-0.1, -0.05) is 34.1 Å². The van der Waals surface area contributed by atoms with Crippen molar-refractivity contribution in [2.45, 2.75) is 47.0 Å². The molecule has 0 aromatic carbocycles. The number of aliphatic hydroxyl groups is 1. The van der Waals surface area contributed by atoms with Crippen LogP contribution in [0.15, 0.2) is 0 Å². The number of aliphatic hydroxyl groups excluding tert-OH is 1. The molecule has 0 fully saturated rings. The average Bonchev–Trinajstić information content (AvgIpc) is 2.23. The molecule has 1 unspecified atom stereocenters. The number of unbranched alkanes of at least 4 members (excludes halogenated alkanes) is 1. The first-order chi connectivity index (χ1) is 6.61. The van der Waals surface area contributed by atoms with Gasteiger partial charge in [-0.3, -0.25) is 0 Å². The van der Waals surface area contributed by atoms with Crippen molar-refractivity contribution in [3.05, 3.63) is 0 Å². The van der Waals surface area contributed by atoms with Gasteiger partial charge in [-0.05, 0) is 25.9 Å². The van der Waals surface area contributed by atoms with E-state index in [2.05, 4.69) is 32.6 Å². The minimum absolute atomic E-state index is 0.0871. The number of hydrogen-bond donors (Lipinski definition) is 1. The third-order valence-electron chi connectivity index (χ3n) is 3.12. The molecular weight excluding hydrogens is 174 g/mol. The van der Waals surface area contributed by atoms with Gasteiger partial charge in [0.15, 0.2) is 0 Å². The Kier molecular flexibility index (Phi) is 7.20. The van der Waals surface area contributed by atoms with Crippen molar-refractivity contribution >= 4 is 0 Å². The second kappa shape index (κ2) is 7.24. The molecule has 0 aromatic rings. The number of nitrogens with zero attached hydrogens (tertiary/aromatic N) is 1. The van der Waals surface area contributed by atoms with Crippen LogP contribution in [0.2, 0.25) is 0 Å². The van der Waals surface area contributed by atoms with Gasteiger partial charge < -0.3 is 10.0 Å². The lowest BCUT2D eigenvalue weighted by molar-refractivity contribution is 0.0862. The highest BCUT2D eigenvalue weighted by Gasteiger charge is 2.23. The smallest absolute Gasteiger partial charge is 0.0496 e. The third kappa shape index (κ3) is 4.97. The molecule has 0 aromatic heterocycles. The van der Waals surface area contributed by atoms with Crippen molar-refractivity contribution in [3.8, 4) is 0 Å². The van der Waals surface area contributed by atoms with Crippen LogP contribution in [0, 0.1) is 5.41 Å². The molecule has 1 N–H and O–H groups in total. The molecule has 0 amide bonds.